The number of anilines is 1. The van der Waals surface area contributed by atoms with Crippen LogP contribution in [0.2, 0.25) is 0 Å². The second-order valence-corrected chi connectivity index (χ2v) is 8.05. The van der Waals surface area contributed by atoms with Crippen LogP contribution in [0.3, 0.4) is 0 Å². The highest BCUT2D eigenvalue weighted by Gasteiger charge is 2.26. The van der Waals surface area contributed by atoms with E-state index in [-0.39, 0.29) is 11.8 Å². The number of benzene rings is 1. The average molecular weight is 380 g/mol. The van der Waals surface area contributed by atoms with Gasteiger partial charge >= 0.3 is 5.97 Å². The number of carboxylic acids is 1. The number of aromatic nitrogens is 1. The molecule has 1 amide bonds. The Morgan fingerprint density at radius 2 is 1.85 bits per heavy atom. The van der Waals surface area contributed by atoms with Crippen LogP contribution >= 0.6 is 11.3 Å². The molecule has 2 heterocycles. The van der Waals surface area contributed by atoms with Crippen LogP contribution < -0.4 is 5.32 Å². The van der Waals surface area contributed by atoms with E-state index in [0.29, 0.717) is 29.5 Å². The number of nitrogens with zero attached hydrogens (tertiary/aromatic N) is 1. The van der Waals surface area contributed by atoms with Gasteiger partial charge in [-0.2, -0.15) is 0 Å². The summed E-state index contributed by atoms with van der Waals surface area (Å²) in [6, 6.07) is 13.6. The summed E-state index contributed by atoms with van der Waals surface area (Å²) in [7, 11) is 0. The van der Waals surface area contributed by atoms with E-state index in [0.717, 1.165) is 28.5 Å². The van der Waals surface area contributed by atoms with Crippen LogP contribution in [0.5, 0.6) is 0 Å². The summed E-state index contributed by atoms with van der Waals surface area (Å²) in [4.78, 5) is 28.6. The summed E-state index contributed by atoms with van der Waals surface area (Å²) in [5.41, 5.74) is 1.11. The van der Waals surface area contributed by atoms with Crippen molar-refractivity contribution in [1.29, 1.82) is 0 Å². The first-order chi connectivity index (χ1) is 13.1. The fourth-order valence-electron chi connectivity index (χ4n) is 3.67. The smallest absolute Gasteiger partial charge is 0.306 e. The van der Waals surface area contributed by atoms with Gasteiger partial charge in [0.15, 0.2) is 0 Å². The molecule has 2 aromatic heterocycles. The summed E-state index contributed by atoms with van der Waals surface area (Å²) >= 11 is 1.47. The van der Waals surface area contributed by atoms with E-state index in [9.17, 15) is 9.59 Å². The molecule has 0 spiro atoms. The van der Waals surface area contributed by atoms with E-state index in [1.165, 1.54) is 11.3 Å². The molecule has 1 saturated carbocycles. The van der Waals surface area contributed by atoms with Crippen molar-refractivity contribution in [3.05, 3.63) is 59.1 Å². The molecule has 3 aromatic rings. The van der Waals surface area contributed by atoms with E-state index in [4.69, 9.17) is 5.11 Å². The predicted molar refractivity (Wildman–Crippen MR) is 106 cm³/mol. The number of hydrogen-bond acceptors (Lipinski definition) is 4. The van der Waals surface area contributed by atoms with E-state index < -0.39 is 5.97 Å². The van der Waals surface area contributed by atoms with Crippen molar-refractivity contribution in [2.75, 3.05) is 5.32 Å². The van der Waals surface area contributed by atoms with Crippen LogP contribution in [-0.4, -0.2) is 22.0 Å². The molecule has 1 aliphatic rings. The molecule has 0 unspecified atom stereocenters. The summed E-state index contributed by atoms with van der Waals surface area (Å²) < 4.78 is 1.09. The van der Waals surface area contributed by atoms with Gasteiger partial charge in [0, 0.05) is 10.9 Å². The number of carboxylic acid groups (broad SMARTS) is 1. The number of nitrogens with one attached hydrogen (secondary N) is 1. The predicted octanol–water partition coefficient (Wildman–Crippen LogP) is 4.91. The number of hydrogen-bond donors (Lipinski definition) is 2. The molecule has 27 heavy (non-hydrogen) atoms. The lowest BCUT2D eigenvalue weighted by atomic mass is 9.79. The molecule has 1 fully saturated rings. The maximum Gasteiger partial charge on any atom is 0.306 e. The molecule has 0 aliphatic heterocycles. The Morgan fingerprint density at radius 1 is 1.07 bits per heavy atom. The van der Waals surface area contributed by atoms with Gasteiger partial charge in [-0.3, -0.25) is 9.59 Å². The molecule has 6 heteroatoms. The number of pyridine rings is 1. The lowest BCUT2D eigenvalue weighted by Crippen LogP contribution is -2.20. The van der Waals surface area contributed by atoms with Crippen LogP contribution in [0, 0.1) is 5.92 Å². The largest absolute Gasteiger partial charge is 0.481 e. The fourth-order valence-corrected chi connectivity index (χ4v) is 4.62. The van der Waals surface area contributed by atoms with Crippen molar-refractivity contribution in [3.8, 4) is 0 Å². The van der Waals surface area contributed by atoms with Crippen molar-refractivity contribution in [2.24, 2.45) is 5.92 Å². The van der Waals surface area contributed by atoms with Gasteiger partial charge in [-0.05, 0) is 60.7 Å². The number of carbonyl (C=O) groups excluding carboxylic acids is 1. The SMILES string of the molecule is O=C(Nc1ccc([C@H]2CC[C@H](C(=O)O)CC2)cn1)c1cc2ccccc2s1. The van der Waals surface area contributed by atoms with E-state index in [1.807, 2.05) is 42.5 Å². The lowest BCUT2D eigenvalue weighted by molar-refractivity contribution is -0.142. The summed E-state index contributed by atoms with van der Waals surface area (Å²) in [5, 5.41) is 13.0. The van der Waals surface area contributed by atoms with Crippen molar-refractivity contribution < 1.29 is 14.7 Å². The van der Waals surface area contributed by atoms with Gasteiger partial charge in [-0.15, -0.1) is 11.3 Å². The highest BCUT2D eigenvalue weighted by molar-refractivity contribution is 7.20. The maximum atomic E-state index is 12.5. The van der Waals surface area contributed by atoms with Gasteiger partial charge in [0.25, 0.3) is 5.91 Å². The fraction of sp³-hybridized carbons (Fsp3) is 0.286. The van der Waals surface area contributed by atoms with Crippen LogP contribution in [0.25, 0.3) is 10.1 Å². The number of amides is 1. The van der Waals surface area contributed by atoms with Crippen molar-refractivity contribution in [1.82, 2.24) is 4.98 Å². The Bertz CT molecular complexity index is 940. The molecule has 1 aromatic carbocycles. The number of carbonyl (C=O) groups is 2. The van der Waals surface area contributed by atoms with Gasteiger partial charge in [-0.25, -0.2) is 4.98 Å². The molecule has 0 radical (unpaired) electrons. The Labute approximate surface area is 161 Å². The quantitative estimate of drug-likeness (QED) is 0.674. The standard InChI is InChI=1S/C21H20N2O3S/c24-20(18-11-15-3-1-2-4-17(15)27-18)23-19-10-9-16(12-22-19)13-5-7-14(8-6-13)21(25)26/h1-4,9-14H,5-8H2,(H,25,26)(H,22,23,24)/t13-,14-. The van der Waals surface area contributed by atoms with E-state index in [2.05, 4.69) is 10.3 Å². The molecule has 5 nitrogen and oxygen atoms in total. The topological polar surface area (TPSA) is 79.3 Å². The number of rotatable bonds is 4. The minimum atomic E-state index is -0.689. The van der Waals surface area contributed by atoms with Gasteiger partial charge in [0.2, 0.25) is 0 Å². The molecule has 0 saturated heterocycles. The molecule has 0 bridgehead atoms. The third-order valence-electron chi connectivity index (χ3n) is 5.23. The molecular formula is C21H20N2O3S. The van der Waals surface area contributed by atoms with E-state index in [1.54, 1.807) is 6.20 Å². The normalized spacial score (nSPS) is 19.7. The molecule has 1 aliphatic carbocycles. The first kappa shape index (κ1) is 17.7. The summed E-state index contributed by atoms with van der Waals surface area (Å²) in [6.45, 7) is 0. The summed E-state index contributed by atoms with van der Waals surface area (Å²) in [5.74, 6) is -0.181. The first-order valence-corrected chi connectivity index (χ1v) is 9.90. The Morgan fingerprint density at radius 3 is 2.52 bits per heavy atom. The van der Waals surface area contributed by atoms with Crippen LogP contribution in [0.4, 0.5) is 5.82 Å². The minimum absolute atomic E-state index is 0.154. The Hall–Kier alpha value is -2.73. The summed E-state index contributed by atoms with van der Waals surface area (Å²) in [6.07, 6.45) is 4.96. The van der Waals surface area contributed by atoms with E-state index >= 15 is 0 Å². The van der Waals surface area contributed by atoms with Crippen molar-refractivity contribution >= 4 is 39.1 Å². The number of fused-ring (bicyclic) bond motifs is 1. The zero-order valence-corrected chi connectivity index (χ0v) is 15.5. The molecule has 0 atom stereocenters. The Balaban J connectivity index is 1.40. The second-order valence-electron chi connectivity index (χ2n) is 6.97. The number of aliphatic carboxylic acids is 1. The zero-order chi connectivity index (χ0) is 18.8. The highest BCUT2D eigenvalue weighted by Crippen LogP contribution is 2.35. The third-order valence-corrected chi connectivity index (χ3v) is 6.34. The molecule has 138 valence electrons. The first-order valence-electron chi connectivity index (χ1n) is 9.09. The van der Waals surface area contributed by atoms with Gasteiger partial charge in [0.05, 0.1) is 10.8 Å². The molecule has 4 rings (SSSR count). The van der Waals surface area contributed by atoms with Crippen LogP contribution in [0.1, 0.15) is 46.8 Å². The monoisotopic (exact) mass is 380 g/mol. The Kier molecular flexibility index (Phi) is 4.90. The third kappa shape index (κ3) is 3.85. The highest BCUT2D eigenvalue weighted by atomic mass is 32.1. The maximum absolute atomic E-state index is 12.5. The zero-order valence-electron chi connectivity index (χ0n) is 14.7. The van der Waals surface area contributed by atoms with Crippen molar-refractivity contribution in [3.63, 3.8) is 0 Å². The minimum Gasteiger partial charge on any atom is -0.481 e. The van der Waals surface area contributed by atoms with Gasteiger partial charge < -0.3 is 10.4 Å². The van der Waals surface area contributed by atoms with Crippen molar-refractivity contribution in [2.45, 2.75) is 31.6 Å². The van der Waals surface area contributed by atoms with Gasteiger partial charge in [-0.1, -0.05) is 24.3 Å². The molecular weight excluding hydrogens is 360 g/mol. The molecule has 2 N–H and O–H groups in total. The average Bonchev–Trinajstić information content (AvgIpc) is 3.13. The number of thiophene rings is 1. The van der Waals surface area contributed by atoms with Crippen LogP contribution in [-0.2, 0) is 4.79 Å². The van der Waals surface area contributed by atoms with Gasteiger partial charge in [0.1, 0.15) is 5.82 Å². The van der Waals surface area contributed by atoms with Crippen LogP contribution in [0.15, 0.2) is 48.7 Å². The lowest BCUT2D eigenvalue weighted by Gasteiger charge is -2.26. The second kappa shape index (κ2) is 7.48.